The summed E-state index contributed by atoms with van der Waals surface area (Å²) < 4.78 is 2.63. The van der Waals surface area contributed by atoms with E-state index in [1.54, 1.807) is 6.20 Å². The Kier molecular flexibility index (Phi) is 3.42. The van der Waals surface area contributed by atoms with E-state index in [-0.39, 0.29) is 0 Å². The van der Waals surface area contributed by atoms with Crippen molar-refractivity contribution in [1.29, 1.82) is 0 Å². The lowest BCUT2D eigenvalue weighted by atomic mass is 10.4. The minimum Gasteiger partial charge on any atom is -0.354 e. The van der Waals surface area contributed by atoms with Crippen LogP contribution >= 0.6 is 15.9 Å². The largest absolute Gasteiger partial charge is 0.354 e. The zero-order chi connectivity index (χ0) is 12.4. The van der Waals surface area contributed by atoms with Gasteiger partial charge in [-0.1, -0.05) is 0 Å². The van der Waals surface area contributed by atoms with Crippen LogP contribution in [0.1, 0.15) is 18.3 Å². The Labute approximate surface area is 108 Å². The Morgan fingerprint density at radius 1 is 1.41 bits per heavy atom. The number of rotatable bonds is 3. The Balaban J connectivity index is 2.50. The van der Waals surface area contributed by atoms with E-state index in [4.69, 9.17) is 0 Å². The average molecular weight is 296 g/mol. The van der Waals surface area contributed by atoms with Crippen LogP contribution in [0.4, 0.5) is 5.95 Å². The number of hydrogen-bond acceptors (Lipinski definition) is 4. The summed E-state index contributed by atoms with van der Waals surface area (Å²) in [5.74, 6) is 1.36. The van der Waals surface area contributed by atoms with E-state index in [0.717, 1.165) is 28.2 Å². The molecular weight excluding hydrogens is 282 g/mol. The molecule has 0 atom stereocenters. The SMILES string of the molecule is CCNc1ncc(Br)c(-n2nc(C)cc2C)n1. The maximum Gasteiger partial charge on any atom is 0.224 e. The fraction of sp³-hybridized carbons (Fsp3) is 0.364. The van der Waals surface area contributed by atoms with Crippen molar-refractivity contribution in [3.05, 3.63) is 28.1 Å². The third-order valence-electron chi connectivity index (χ3n) is 2.27. The monoisotopic (exact) mass is 295 g/mol. The molecule has 0 bridgehead atoms. The van der Waals surface area contributed by atoms with Crippen molar-refractivity contribution in [2.24, 2.45) is 0 Å². The number of halogens is 1. The van der Waals surface area contributed by atoms with E-state index in [1.165, 1.54) is 0 Å². The summed E-state index contributed by atoms with van der Waals surface area (Å²) in [4.78, 5) is 8.62. The van der Waals surface area contributed by atoms with Gasteiger partial charge in [-0.2, -0.15) is 10.1 Å². The number of nitrogens with one attached hydrogen (secondary N) is 1. The Hall–Kier alpha value is -1.43. The highest BCUT2D eigenvalue weighted by molar-refractivity contribution is 9.10. The van der Waals surface area contributed by atoms with Crippen molar-refractivity contribution in [1.82, 2.24) is 19.7 Å². The standard InChI is InChI=1S/C11H14BrN5/c1-4-13-11-14-6-9(12)10(15-11)17-8(3)5-7(2)16-17/h5-6H,4H2,1-3H3,(H,13,14,15). The molecule has 2 heterocycles. The highest BCUT2D eigenvalue weighted by atomic mass is 79.9. The Morgan fingerprint density at radius 2 is 2.18 bits per heavy atom. The van der Waals surface area contributed by atoms with Crippen molar-refractivity contribution in [2.75, 3.05) is 11.9 Å². The molecule has 0 aliphatic heterocycles. The molecule has 0 saturated heterocycles. The van der Waals surface area contributed by atoms with Crippen LogP contribution in [0.2, 0.25) is 0 Å². The van der Waals surface area contributed by atoms with Crippen LogP contribution in [-0.4, -0.2) is 26.3 Å². The summed E-state index contributed by atoms with van der Waals surface area (Å²) in [5.41, 5.74) is 2.02. The Morgan fingerprint density at radius 3 is 2.76 bits per heavy atom. The zero-order valence-electron chi connectivity index (χ0n) is 10.0. The molecule has 0 aliphatic rings. The van der Waals surface area contributed by atoms with E-state index >= 15 is 0 Å². The van der Waals surface area contributed by atoms with Crippen LogP contribution in [0, 0.1) is 13.8 Å². The quantitative estimate of drug-likeness (QED) is 0.945. The first-order valence-corrected chi connectivity index (χ1v) is 6.21. The van der Waals surface area contributed by atoms with E-state index in [9.17, 15) is 0 Å². The third kappa shape index (κ3) is 2.46. The van der Waals surface area contributed by atoms with Gasteiger partial charge in [-0.3, -0.25) is 0 Å². The van der Waals surface area contributed by atoms with Crippen LogP contribution in [-0.2, 0) is 0 Å². The van der Waals surface area contributed by atoms with Crippen molar-refractivity contribution in [2.45, 2.75) is 20.8 Å². The van der Waals surface area contributed by atoms with Gasteiger partial charge in [0.25, 0.3) is 0 Å². The van der Waals surface area contributed by atoms with Gasteiger partial charge < -0.3 is 5.32 Å². The number of aromatic nitrogens is 4. The predicted molar refractivity (Wildman–Crippen MR) is 70.5 cm³/mol. The van der Waals surface area contributed by atoms with Crippen LogP contribution in [0.25, 0.3) is 5.82 Å². The molecule has 6 heteroatoms. The molecule has 90 valence electrons. The molecule has 2 rings (SSSR count). The van der Waals surface area contributed by atoms with Gasteiger partial charge in [0.05, 0.1) is 10.2 Å². The van der Waals surface area contributed by atoms with E-state index in [0.29, 0.717) is 5.95 Å². The van der Waals surface area contributed by atoms with Crippen molar-refractivity contribution in [3.8, 4) is 5.82 Å². The highest BCUT2D eigenvalue weighted by Crippen LogP contribution is 2.20. The number of hydrogen-bond donors (Lipinski definition) is 1. The lowest BCUT2D eigenvalue weighted by molar-refractivity contribution is 0.796. The van der Waals surface area contributed by atoms with Gasteiger partial charge in [0.1, 0.15) is 0 Å². The topological polar surface area (TPSA) is 55.6 Å². The summed E-state index contributed by atoms with van der Waals surface area (Å²) in [5, 5.41) is 7.50. The predicted octanol–water partition coefficient (Wildman–Crippen LogP) is 2.47. The lowest BCUT2D eigenvalue weighted by Crippen LogP contribution is -2.08. The van der Waals surface area contributed by atoms with Gasteiger partial charge >= 0.3 is 0 Å². The molecule has 17 heavy (non-hydrogen) atoms. The molecule has 2 aromatic rings. The fourth-order valence-electron chi connectivity index (χ4n) is 1.59. The molecule has 2 aromatic heterocycles. The maximum atomic E-state index is 4.44. The third-order valence-corrected chi connectivity index (χ3v) is 2.83. The second-order valence-electron chi connectivity index (χ2n) is 3.73. The van der Waals surface area contributed by atoms with E-state index in [1.807, 2.05) is 31.5 Å². The first-order valence-electron chi connectivity index (χ1n) is 5.42. The first-order chi connectivity index (χ1) is 8.11. The van der Waals surface area contributed by atoms with E-state index in [2.05, 4.69) is 36.3 Å². The number of anilines is 1. The summed E-state index contributed by atoms with van der Waals surface area (Å²) in [7, 11) is 0. The summed E-state index contributed by atoms with van der Waals surface area (Å²) in [6.07, 6.45) is 1.73. The van der Waals surface area contributed by atoms with Crippen molar-refractivity contribution >= 4 is 21.9 Å². The molecule has 0 fully saturated rings. The number of nitrogens with zero attached hydrogens (tertiary/aromatic N) is 4. The molecule has 0 aliphatic carbocycles. The van der Waals surface area contributed by atoms with Crippen molar-refractivity contribution in [3.63, 3.8) is 0 Å². The second-order valence-corrected chi connectivity index (χ2v) is 4.59. The second kappa shape index (κ2) is 4.83. The molecule has 0 aromatic carbocycles. The van der Waals surface area contributed by atoms with Gasteiger partial charge in [0.2, 0.25) is 5.95 Å². The molecule has 0 spiro atoms. The lowest BCUT2D eigenvalue weighted by Gasteiger charge is -2.08. The van der Waals surface area contributed by atoms with Gasteiger partial charge in [0.15, 0.2) is 5.82 Å². The van der Waals surface area contributed by atoms with E-state index < -0.39 is 0 Å². The summed E-state index contributed by atoms with van der Waals surface area (Å²) >= 11 is 3.45. The van der Waals surface area contributed by atoms with Gasteiger partial charge in [-0.25, -0.2) is 9.67 Å². The summed E-state index contributed by atoms with van der Waals surface area (Å²) in [6.45, 7) is 6.76. The van der Waals surface area contributed by atoms with Crippen LogP contribution in [0.3, 0.4) is 0 Å². The fourth-order valence-corrected chi connectivity index (χ4v) is 1.95. The van der Waals surface area contributed by atoms with Gasteiger partial charge in [0, 0.05) is 18.4 Å². The van der Waals surface area contributed by atoms with Gasteiger partial charge in [-0.05, 0) is 42.8 Å². The van der Waals surface area contributed by atoms with Crippen LogP contribution in [0.15, 0.2) is 16.7 Å². The molecule has 5 nitrogen and oxygen atoms in total. The maximum absolute atomic E-state index is 4.44. The highest BCUT2D eigenvalue weighted by Gasteiger charge is 2.10. The number of aryl methyl sites for hydroxylation is 2. The molecule has 0 unspecified atom stereocenters. The smallest absolute Gasteiger partial charge is 0.224 e. The molecular formula is C11H14BrN5. The molecule has 0 radical (unpaired) electrons. The van der Waals surface area contributed by atoms with Gasteiger partial charge in [-0.15, -0.1) is 0 Å². The minimum absolute atomic E-state index is 0.609. The normalized spacial score (nSPS) is 10.6. The minimum atomic E-state index is 0.609. The first kappa shape index (κ1) is 12.0. The van der Waals surface area contributed by atoms with Crippen molar-refractivity contribution < 1.29 is 0 Å². The summed E-state index contributed by atoms with van der Waals surface area (Å²) in [6, 6.07) is 2.02. The van der Waals surface area contributed by atoms with Crippen LogP contribution < -0.4 is 5.32 Å². The Bertz CT molecular complexity index is 535. The van der Waals surface area contributed by atoms with Crippen LogP contribution in [0.5, 0.6) is 0 Å². The zero-order valence-corrected chi connectivity index (χ0v) is 11.6. The molecule has 0 saturated carbocycles. The average Bonchev–Trinajstić information content (AvgIpc) is 2.61. The molecule has 1 N–H and O–H groups in total. The molecule has 0 amide bonds.